The van der Waals surface area contributed by atoms with Crippen molar-refractivity contribution in [1.29, 1.82) is 0 Å². The Kier molecular flexibility index (Phi) is 3.28. The number of nitrogens with one attached hydrogen (secondary N) is 1. The van der Waals surface area contributed by atoms with Gasteiger partial charge in [-0.25, -0.2) is 13.1 Å². The number of thioether (sulfide) groups is 1. The summed E-state index contributed by atoms with van der Waals surface area (Å²) in [7, 11) is -3.33. The standard InChI is InChI=1S/C11H15NO2S2/c1-15-11(7-8-11)9-12-16(13,14)10-5-3-2-4-6-10/h2-6,12H,7-9H2,1H3. The Morgan fingerprint density at radius 1 is 1.31 bits per heavy atom. The van der Waals surface area contributed by atoms with E-state index in [4.69, 9.17) is 0 Å². The van der Waals surface area contributed by atoms with Crippen molar-refractivity contribution in [2.75, 3.05) is 12.8 Å². The molecule has 1 saturated carbocycles. The molecule has 0 radical (unpaired) electrons. The van der Waals surface area contributed by atoms with Crippen LogP contribution in [0.1, 0.15) is 12.8 Å². The maximum absolute atomic E-state index is 11.9. The molecule has 0 aliphatic heterocycles. The van der Waals surface area contributed by atoms with Crippen LogP contribution in [0.15, 0.2) is 35.2 Å². The van der Waals surface area contributed by atoms with Crippen molar-refractivity contribution in [3.8, 4) is 0 Å². The summed E-state index contributed by atoms with van der Waals surface area (Å²) in [4.78, 5) is 0.340. The van der Waals surface area contributed by atoms with Crippen LogP contribution in [0.4, 0.5) is 0 Å². The number of sulfonamides is 1. The van der Waals surface area contributed by atoms with Crippen LogP contribution in [-0.4, -0.2) is 26.0 Å². The van der Waals surface area contributed by atoms with Gasteiger partial charge in [0.1, 0.15) is 0 Å². The molecule has 2 rings (SSSR count). The fourth-order valence-electron chi connectivity index (χ4n) is 1.50. The minimum absolute atomic E-state index is 0.155. The van der Waals surface area contributed by atoms with Gasteiger partial charge >= 0.3 is 0 Å². The van der Waals surface area contributed by atoms with Gasteiger partial charge in [-0.1, -0.05) is 18.2 Å². The summed E-state index contributed by atoms with van der Waals surface area (Å²) < 4.78 is 26.6. The second-order valence-corrected chi connectivity index (χ2v) is 7.07. The minimum atomic E-state index is -3.33. The lowest BCUT2D eigenvalue weighted by atomic mass is 10.4. The van der Waals surface area contributed by atoms with Gasteiger partial charge in [-0.2, -0.15) is 11.8 Å². The molecular formula is C11H15NO2S2. The van der Waals surface area contributed by atoms with E-state index in [1.165, 1.54) is 0 Å². The van der Waals surface area contributed by atoms with Gasteiger partial charge < -0.3 is 0 Å². The van der Waals surface area contributed by atoms with E-state index in [-0.39, 0.29) is 4.75 Å². The topological polar surface area (TPSA) is 46.2 Å². The van der Waals surface area contributed by atoms with E-state index in [1.54, 1.807) is 36.0 Å². The van der Waals surface area contributed by atoms with Crippen molar-refractivity contribution in [3.63, 3.8) is 0 Å². The van der Waals surface area contributed by atoms with Crippen LogP contribution < -0.4 is 4.72 Å². The van der Waals surface area contributed by atoms with Gasteiger partial charge in [0.05, 0.1) is 4.90 Å². The molecule has 16 heavy (non-hydrogen) atoms. The zero-order valence-electron chi connectivity index (χ0n) is 9.14. The summed E-state index contributed by atoms with van der Waals surface area (Å²) in [5.41, 5.74) is 0. The largest absolute Gasteiger partial charge is 0.240 e. The highest BCUT2D eigenvalue weighted by Crippen LogP contribution is 2.46. The fourth-order valence-corrected chi connectivity index (χ4v) is 3.47. The average molecular weight is 257 g/mol. The molecule has 0 bridgehead atoms. The Hall–Kier alpha value is -0.520. The number of hydrogen-bond donors (Lipinski definition) is 1. The van der Waals surface area contributed by atoms with Crippen LogP contribution >= 0.6 is 11.8 Å². The first-order chi connectivity index (χ1) is 7.58. The van der Waals surface area contributed by atoms with E-state index in [0.29, 0.717) is 11.4 Å². The SMILES string of the molecule is CSC1(CNS(=O)(=O)c2ccccc2)CC1. The maximum atomic E-state index is 11.9. The summed E-state index contributed by atoms with van der Waals surface area (Å²) in [5, 5.41) is 0. The van der Waals surface area contributed by atoms with E-state index in [1.807, 2.05) is 12.3 Å². The van der Waals surface area contributed by atoms with Crippen molar-refractivity contribution in [2.24, 2.45) is 0 Å². The van der Waals surface area contributed by atoms with E-state index in [2.05, 4.69) is 4.72 Å². The molecule has 0 unspecified atom stereocenters. The molecule has 1 aliphatic carbocycles. The molecule has 0 spiro atoms. The van der Waals surface area contributed by atoms with Gasteiger partial charge in [0, 0.05) is 11.3 Å². The molecule has 5 heteroatoms. The van der Waals surface area contributed by atoms with Crippen molar-refractivity contribution >= 4 is 21.8 Å². The normalized spacial score (nSPS) is 18.3. The summed E-state index contributed by atoms with van der Waals surface area (Å²) >= 11 is 1.75. The quantitative estimate of drug-likeness (QED) is 0.876. The Morgan fingerprint density at radius 3 is 2.44 bits per heavy atom. The fraction of sp³-hybridized carbons (Fsp3) is 0.455. The van der Waals surface area contributed by atoms with Crippen LogP contribution in [0, 0.1) is 0 Å². The second-order valence-electron chi connectivity index (χ2n) is 4.02. The first kappa shape index (κ1) is 12.0. The van der Waals surface area contributed by atoms with Crippen LogP contribution in [0.3, 0.4) is 0 Å². The number of rotatable bonds is 5. The molecule has 0 saturated heterocycles. The Labute approximate surface area is 101 Å². The molecule has 1 fully saturated rings. The molecule has 0 aromatic heterocycles. The van der Waals surface area contributed by atoms with Gasteiger partial charge in [0.15, 0.2) is 0 Å². The van der Waals surface area contributed by atoms with Crippen molar-refractivity contribution in [2.45, 2.75) is 22.5 Å². The van der Waals surface area contributed by atoms with Crippen molar-refractivity contribution in [3.05, 3.63) is 30.3 Å². The highest BCUT2D eigenvalue weighted by Gasteiger charge is 2.42. The van der Waals surface area contributed by atoms with Gasteiger partial charge in [-0.15, -0.1) is 0 Å². The van der Waals surface area contributed by atoms with Gasteiger partial charge in [-0.05, 0) is 31.2 Å². The monoisotopic (exact) mass is 257 g/mol. The maximum Gasteiger partial charge on any atom is 0.240 e. The van der Waals surface area contributed by atoms with E-state index in [0.717, 1.165) is 12.8 Å². The van der Waals surface area contributed by atoms with E-state index < -0.39 is 10.0 Å². The smallest absolute Gasteiger partial charge is 0.210 e. The van der Waals surface area contributed by atoms with Crippen LogP contribution in [0.2, 0.25) is 0 Å². The first-order valence-electron chi connectivity index (χ1n) is 5.18. The Morgan fingerprint density at radius 2 is 1.94 bits per heavy atom. The second kappa shape index (κ2) is 4.39. The first-order valence-corrected chi connectivity index (χ1v) is 7.89. The van der Waals surface area contributed by atoms with E-state index in [9.17, 15) is 8.42 Å². The highest BCUT2D eigenvalue weighted by atomic mass is 32.2. The Bertz CT molecular complexity index is 452. The number of hydrogen-bond acceptors (Lipinski definition) is 3. The Balaban J connectivity index is 2.04. The molecule has 0 atom stereocenters. The summed E-state index contributed by atoms with van der Waals surface area (Å²) in [6.45, 7) is 0.533. The molecule has 1 aromatic rings. The molecule has 0 amide bonds. The highest BCUT2D eigenvalue weighted by molar-refractivity contribution is 8.00. The van der Waals surface area contributed by atoms with E-state index >= 15 is 0 Å². The average Bonchev–Trinajstić information content (AvgIpc) is 3.09. The van der Waals surface area contributed by atoms with Crippen LogP contribution in [0.5, 0.6) is 0 Å². The third kappa shape index (κ3) is 2.59. The lowest BCUT2D eigenvalue weighted by Crippen LogP contribution is -2.31. The zero-order chi connectivity index (χ0) is 11.6. The molecule has 1 aromatic carbocycles. The molecular weight excluding hydrogens is 242 g/mol. The third-order valence-corrected chi connectivity index (χ3v) is 5.71. The molecule has 3 nitrogen and oxygen atoms in total. The minimum Gasteiger partial charge on any atom is -0.210 e. The third-order valence-electron chi connectivity index (χ3n) is 2.88. The predicted octanol–water partition coefficient (Wildman–Crippen LogP) is 1.86. The van der Waals surface area contributed by atoms with Gasteiger partial charge in [0.2, 0.25) is 10.0 Å². The molecule has 1 aliphatic rings. The van der Waals surface area contributed by atoms with Crippen molar-refractivity contribution in [1.82, 2.24) is 4.72 Å². The molecule has 1 N–H and O–H groups in total. The lowest BCUT2D eigenvalue weighted by Gasteiger charge is -2.13. The molecule has 88 valence electrons. The predicted molar refractivity (Wildman–Crippen MR) is 67.1 cm³/mol. The summed E-state index contributed by atoms with van der Waals surface area (Å²) in [6.07, 6.45) is 4.24. The summed E-state index contributed by atoms with van der Waals surface area (Å²) in [5.74, 6) is 0. The van der Waals surface area contributed by atoms with Gasteiger partial charge in [-0.3, -0.25) is 0 Å². The zero-order valence-corrected chi connectivity index (χ0v) is 10.8. The van der Waals surface area contributed by atoms with Crippen LogP contribution in [-0.2, 0) is 10.0 Å². The molecule has 0 heterocycles. The van der Waals surface area contributed by atoms with Crippen LogP contribution in [0.25, 0.3) is 0 Å². The summed E-state index contributed by atoms with van der Waals surface area (Å²) in [6, 6.07) is 8.50. The lowest BCUT2D eigenvalue weighted by molar-refractivity contribution is 0.580. The van der Waals surface area contributed by atoms with Crippen molar-refractivity contribution < 1.29 is 8.42 Å². The van der Waals surface area contributed by atoms with Gasteiger partial charge in [0.25, 0.3) is 0 Å². The number of benzene rings is 1.